The van der Waals surface area contributed by atoms with Crippen molar-refractivity contribution < 1.29 is 24.5 Å². The molecule has 5 atom stereocenters. The Morgan fingerprint density at radius 1 is 1.12 bits per heavy atom. The number of rotatable bonds is 13. The average Bonchev–Trinajstić information content (AvgIpc) is 3.09. The van der Waals surface area contributed by atoms with Crippen LogP contribution in [-0.2, 0) is 22.4 Å². The van der Waals surface area contributed by atoms with Crippen molar-refractivity contribution in [3.8, 4) is 5.75 Å². The lowest BCUT2D eigenvalue weighted by molar-refractivity contribution is -0.146. The molecule has 0 aromatic heterocycles. The molecule has 2 aliphatic carbocycles. The predicted octanol–water partition coefficient (Wildman–Crippen LogP) is 4.84. The number of aliphatic hydroxyl groups excluding tert-OH is 2. The predicted molar refractivity (Wildman–Crippen MR) is 126 cm³/mol. The van der Waals surface area contributed by atoms with Crippen LogP contribution in [0, 0.1) is 17.8 Å². The molecule has 0 spiro atoms. The Hall–Kier alpha value is -1.59. The maximum atomic E-state index is 11.9. The Kier molecular flexibility index (Phi) is 9.86. The largest absolute Gasteiger partial charge is 0.482 e. The Labute approximate surface area is 193 Å². The van der Waals surface area contributed by atoms with Crippen LogP contribution in [-0.4, -0.2) is 41.6 Å². The van der Waals surface area contributed by atoms with Gasteiger partial charge >= 0.3 is 5.97 Å². The van der Waals surface area contributed by atoms with Crippen molar-refractivity contribution in [1.29, 1.82) is 0 Å². The first kappa shape index (κ1) is 25.0. The van der Waals surface area contributed by atoms with E-state index in [9.17, 15) is 15.0 Å². The van der Waals surface area contributed by atoms with Gasteiger partial charge in [-0.2, -0.15) is 0 Å². The number of hydrogen-bond donors (Lipinski definition) is 2. The summed E-state index contributed by atoms with van der Waals surface area (Å²) in [4.78, 5) is 11.9. The summed E-state index contributed by atoms with van der Waals surface area (Å²) in [5, 5.41) is 21.1. The topological polar surface area (TPSA) is 76.0 Å². The van der Waals surface area contributed by atoms with Gasteiger partial charge < -0.3 is 19.7 Å². The lowest BCUT2D eigenvalue weighted by atomic mass is 9.73. The van der Waals surface area contributed by atoms with E-state index in [2.05, 4.69) is 19.9 Å². The van der Waals surface area contributed by atoms with Gasteiger partial charge in [0.05, 0.1) is 18.8 Å². The fourth-order valence-electron chi connectivity index (χ4n) is 5.61. The highest BCUT2D eigenvalue weighted by Gasteiger charge is 2.44. The molecule has 1 saturated carbocycles. The minimum Gasteiger partial charge on any atom is -0.482 e. The van der Waals surface area contributed by atoms with E-state index in [0.717, 1.165) is 63.5 Å². The molecule has 1 aromatic carbocycles. The molecule has 2 N–H and O–H groups in total. The zero-order valence-corrected chi connectivity index (χ0v) is 19.9. The van der Waals surface area contributed by atoms with Gasteiger partial charge in [0.2, 0.25) is 0 Å². The van der Waals surface area contributed by atoms with E-state index in [4.69, 9.17) is 9.47 Å². The Bertz CT molecular complexity index is 718. The minimum atomic E-state index is -0.321. The van der Waals surface area contributed by atoms with Gasteiger partial charge in [-0.25, -0.2) is 4.79 Å². The van der Waals surface area contributed by atoms with Crippen molar-refractivity contribution in [1.82, 2.24) is 0 Å². The summed E-state index contributed by atoms with van der Waals surface area (Å²) in [6.07, 6.45) is 9.93. The number of carbonyl (C=O) groups is 1. The molecule has 5 heteroatoms. The maximum absolute atomic E-state index is 11.9. The van der Waals surface area contributed by atoms with Crippen LogP contribution in [0.1, 0.15) is 82.8 Å². The summed E-state index contributed by atoms with van der Waals surface area (Å²) in [7, 11) is 0. The number of hydrogen-bond acceptors (Lipinski definition) is 5. The highest BCUT2D eigenvalue weighted by atomic mass is 16.6. The number of carbonyl (C=O) groups excluding carboxylic acids is 1. The van der Waals surface area contributed by atoms with Gasteiger partial charge in [-0.1, -0.05) is 51.7 Å². The third-order valence-electron chi connectivity index (χ3n) is 7.43. The molecule has 0 saturated heterocycles. The Morgan fingerprint density at radius 2 is 1.94 bits per heavy atom. The Balaban J connectivity index is 1.56. The summed E-state index contributed by atoms with van der Waals surface area (Å²) in [6.45, 7) is 4.63. The second kappa shape index (κ2) is 12.6. The molecule has 0 radical (unpaired) electrons. The molecular formula is C27H42O5. The van der Waals surface area contributed by atoms with Crippen LogP contribution in [0.15, 0.2) is 18.2 Å². The number of fused-ring (bicyclic) bond motifs is 2. The zero-order chi connectivity index (χ0) is 22.9. The highest BCUT2D eigenvalue weighted by molar-refractivity contribution is 5.71. The van der Waals surface area contributed by atoms with E-state index >= 15 is 0 Å². The van der Waals surface area contributed by atoms with Crippen LogP contribution in [0.3, 0.4) is 0 Å². The third kappa shape index (κ3) is 6.71. The van der Waals surface area contributed by atoms with Gasteiger partial charge in [-0.05, 0) is 79.9 Å². The quantitative estimate of drug-likeness (QED) is 0.335. The Morgan fingerprint density at radius 3 is 2.72 bits per heavy atom. The van der Waals surface area contributed by atoms with E-state index in [1.807, 2.05) is 12.1 Å². The molecule has 4 unspecified atom stereocenters. The van der Waals surface area contributed by atoms with E-state index in [0.29, 0.717) is 18.4 Å². The van der Waals surface area contributed by atoms with Gasteiger partial charge in [-0.15, -0.1) is 0 Å². The maximum Gasteiger partial charge on any atom is 0.344 e. The standard InChI is InChI=1S/C27H42O5/c1-3-5-7-10-21(28)12-13-22-23-15-19-9-8-11-26(24(19)16-20(23)17-25(22)29)32-18-27(30)31-14-6-4-2/h8-9,11,20-23,25,28-29H,3-7,10,12-18H2,1-2H3/t20?,21?,22?,23?,25-/m1/s1. The van der Waals surface area contributed by atoms with Crippen LogP contribution < -0.4 is 4.74 Å². The highest BCUT2D eigenvalue weighted by Crippen LogP contribution is 2.48. The number of benzene rings is 1. The van der Waals surface area contributed by atoms with Gasteiger partial charge in [0.1, 0.15) is 5.75 Å². The first-order chi connectivity index (χ1) is 15.5. The molecule has 5 nitrogen and oxygen atoms in total. The lowest BCUT2D eigenvalue weighted by Gasteiger charge is -2.32. The number of aliphatic hydroxyl groups is 2. The van der Waals surface area contributed by atoms with Crippen molar-refractivity contribution >= 4 is 5.97 Å². The summed E-state index contributed by atoms with van der Waals surface area (Å²) in [6, 6.07) is 6.09. The summed E-state index contributed by atoms with van der Waals surface area (Å²) < 4.78 is 11.1. The fourth-order valence-corrected chi connectivity index (χ4v) is 5.61. The molecule has 32 heavy (non-hydrogen) atoms. The lowest BCUT2D eigenvalue weighted by Crippen LogP contribution is -2.28. The normalized spacial score (nSPS) is 25.1. The van der Waals surface area contributed by atoms with Crippen LogP contribution in [0.5, 0.6) is 5.75 Å². The zero-order valence-electron chi connectivity index (χ0n) is 19.9. The third-order valence-corrected chi connectivity index (χ3v) is 7.43. The number of unbranched alkanes of at least 4 members (excludes halogenated alkanes) is 3. The summed E-state index contributed by atoms with van der Waals surface area (Å²) >= 11 is 0. The van der Waals surface area contributed by atoms with Crippen molar-refractivity contribution in [2.75, 3.05) is 13.2 Å². The molecule has 3 rings (SSSR count). The molecule has 1 fully saturated rings. The second-order valence-corrected chi connectivity index (χ2v) is 9.78. The van der Waals surface area contributed by atoms with Crippen molar-refractivity contribution in [2.24, 2.45) is 17.8 Å². The molecular weight excluding hydrogens is 404 g/mol. The van der Waals surface area contributed by atoms with Gasteiger partial charge in [0, 0.05) is 0 Å². The van der Waals surface area contributed by atoms with E-state index < -0.39 is 0 Å². The minimum absolute atomic E-state index is 0.0601. The SMILES string of the molecule is CCCCCC(O)CCC1C2Cc3cccc(OCC(=O)OCCCC)c3CC2C[C@H]1O. The molecule has 0 bridgehead atoms. The smallest absolute Gasteiger partial charge is 0.344 e. The van der Waals surface area contributed by atoms with Gasteiger partial charge in [0.15, 0.2) is 6.61 Å². The first-order valence-electron chi connectivity index (χ1n) is 12.8. The van der Waals surface area contributed by atoms with Crippen LogP contribution in [0.25, 0.3) is 0 Å². The van der Waals surface area contributed by atoms with E-state index in [1.165, 1.54) is 24.0 Å². The molecule has 0 amide bonds. The van der Waals surface area contributed by atoms with Crippen molar-refractivity contribution in [2.45, 2.75) is 96.7 Å². The van der Waals surface area contributed by atoms with Gasteiger partial charge in [0.25, 0.3) is 0 Å². The molecule has 2 aliphatic rings. The van der Waals surface area contributed by atoms with Crippen LogP contribution >= 0.6 is 0 Å². The monoisotopic (exact) mass is 446 g/mol. The molecule has 180 valence electrons. The summed E-state index contributed by atoms with van der Waals surface area (Å²) in [5.41, 5.74) is 2.45. The van der Waals surface area contributed by atoms with Crippen molar-refractivity contribution in [3.05, 3.63) is 29.3 Å². The van der Waals surface area contributed by atoms with Crippen LogP contribution in [0.4, 0.5) is 0 Å². The van der Waals surface area contributed by atoms with Crippen LogP contribution in [0.2, 0.25) is 0 Å². The van der Waals surface area contributed by atoms with E-state index in [-0.39, 0.29) is 30.7 Å². The number of ether oxygens (including phenoxy) is 2. The number of esters is 1. The van der Waals surface area contributed by atoms with E-state index in [1.54, 1.807) is 0 Å². The molecule has 1 aromatic rings. The summed E-state index contributed by atoms with van der Waals surface area (Å²) in [5.74, 6) is 1.60. The average molecular weight is 447 g/mol. The molecule has 0 aliphatic heterocycles. The second-order valence-electron chi connectivity index (χ2n) is 9.78. The van der Waals surface area contributed by atoms with Gasteiger partial charge in [-0.3, -0.25) is 0 Å². The first-order valence-corrected chi connectivity index (χ1v) is 12.8. The fraction of sp³-hybridized carbons (Fsp3) is 0.741. The van der Waals surface area contributed by atoms with Crippen molar-refractivity contribution in [3.63, 3.8) is 0 Å². The molecule has 0 heterocycles.